The van der Waals surface area contributed by atoms with Crippen LogP contribution in [-0.4, -0.2) is 51.2 Å². The van der Waals surface area contributed by atoms with Crippen molar-refractivity contribution in [2.75, 3.05) is 19.6 Å². The molecule has 2 amide bonds. The van der Waals surface area contributed by atoms with Crippen LogP contribution in [0.2, 0.25) is 0 Å². The molecule has 2 aromatic heterocycles. The Morgan fingerprint density at radius 3 is 2.86 bits per heavy atom. The van der Waals surface area contributed by atoms with E-state index in [9.17, 15) is 9.59 Å². The quantitative estimate of drug-likeness (QED) is 0.815. The van der Waals surface area contributed by atoms with Gasteiger partial charge in [0.2, 0.25) is 11.7 Å². The molecule has 148 valence electrons. The number of hydrogen-bond donors (Lipinski definition) is 0. The molecular weight excluding hydrogens is 356 g/mol. The Bertz CT molecular complexity index is 879. The van der Waals surface area contributed by atoms with E-state index in [0.717, 1.165) is 31.4 Å². The molecule has 1 unspecified atom stereocenters. The summed E-state index contributed by atoms with van der Waals surface area (Å²) in [6.45, 7) is 6.18. The van der Waals surface area contributed by atoms with Crippen LogP contribution in [0.3, 0.4) is 0 Å². The molecule has 4 heterocycles. The average Bonchev–Trinajstić information content (AvgIpc) is 3.03. The van der Waals surface area contributed by atoms with Crippen LogP contribution in [0, 0.1) is 19.3 Å². The molecule has 2 aromatic rings. The van der Waals surface area contributed by atoms with Crippen LogP contribution in [0.4, 0.5) is 0 Å². The zero-order valence-electron chi connectivity index (χ0n) is 16.5. The number of amides is 2. The summed E-state index contributed by atoms with van der Waals surface area (Å²) in [5, 5.41) is 0. The molecule has 2 saturated heterocycles. The summed E-state index contributed by atoms with van der Waals surface area (Å²) in [7, 11) is 0. The summed E-state index contributed by atoms with van der Waals surface area (Å²) in [5.74, 6) is 0.944. The van der Waals surface area contributed by atoms with Crippen molar-refractivity contribution in [2.24, 2.45) is 5.41 Å². The molecule has 2 fully saturated rings. The number of aryl methyl sites for hydroxylation is 2. The van der Waals surface area contributed by atoms with E-state index in [-0.39, 0.29) is 17.2 Å². The summed E-state index contributed by atoms with van der Waals surface area (Å²) >= 11 is 0. The number of likely N-dealkylation sites (tertiary alicyclic amines) is 2. The van der Waals surface area contributed by atoms with Gasteiger partial charge in [-0.2, -0.15) is 0 Å². The maximum Gasteiger partial charge on any atom is 0.291 e. The van der Waals surface area contributed by atoms with E-state index < -0.39 is 0 Å². The van der Waals surface area contributed by atoms with Crippen molar-refractivity contribution in [2.45, 2.75) is 46.1 Å². The molecular formula is C21H26N4O3. The first-order chi connectivity index (χ1) is 13.5. The van der Waals surface area contributed by atoms with Crippen molar-refractivity contribution < 1.29 is 14.0 Å². The highest BCUT2D eigenvalue weighted by Gasteiger charge is 2.43. The van der Waals surface area contributed by atoms with Gasteiger partial charge in [0.05, 0.1) is 5.69 Å². The molecule has 0 radical (unpaired) electrons. The number of carbonyl (C=O) groups excluding carboxylic acids is 2. The van der Waals surface area contributed by atoms with E-state index in [4.69, 9.17) is 4.42 Å². The molecule has 7 heteroatoms. The lowest BCUT2D eigenvalue weighted by atomic mass is 9.73. The molecule has 0 saturated carbocycles. The van der Waals surface area contributed by atoms with Gasteiger partial charge in [0, 0.05) is 57.3 Å². The summed E-state index contributed by atoms with van der Waals surface area (Å²) in [4.78, 5) is 37.7. The van der Waals surface area contributed by atoms with Crippen LogP contribution < -0.4 is 0 Å². The Kier molecular flexibility index (Phi) is 4.91. The van der Waals surface area contributed by atoms with Crippen molar-refractivity contribution in [3.8, 4) is 0 Å². The highest BCUT2D eigenvalue weighted by Crippen LogP contribution is 2.39. The van der Waals surface area contributed by atoms with Gasteiger partial charge in [0.1, 0.15) is 0 Å². The third kappa shape index (κ3) is 3.66. The second-order valence-electron chi connectivity index (χ2n) is 8.09. The van der Waals surface area contributed by atoms with E-state index in [0.29, 0.717) is 43.4 Å². The zero-order chi connectivity index (χ0) is 19.7. The minimum absolute atomic E-state index is 0.0486. The molecule has 4 rings (SSSR count). The Hall–Kier alpha value is -2.70. The summed E-state index contributed by atoms with van der Waals surface area (Å²) in [6, 6.07) is 3.88. The number of pyridine rings is 1. The molecule has 0 aliphatic carbocycles. The van der Waals surface area contributed by atoms with Gasteiger partial charge in [0.25, 0.3) is 5.91 Å². The summed E-state index contributed by atoms with van der Waals surface area (Å²) in [6.07, 6.45) is 6.87. The van der Waals surface area contributed by atoms with Gasteiger partial charge in [-0.05, 0) is 37.8 Å². The molecule has 0 bridgehead atoms. The maximum atomic E-state index is 13.0. The van der Waals surface area contributed by atoms with Crippen LogP contribution in [0.5, 0.6) is 0 Å². The van der Waals surface area contributed by atoms with Gasteiger partial charge in [-0.15, -0.1) is 0 Å². The number of hydrogen-bond acceptors (Lipinski definition) is 5. The number of rotatable bonds is 3. The summed E-state index contributed by atoms with van der Waals surface area (Å²) in [5.41, 5.74) is 1.62. The zero-order valence-corrected chi connectivity index (χ0v) is 16.5. The smallest absolute Gasteiger partial charge is 0.291 e. The number of aromatic nitrogens is 2. The Morgan fingerprint density at radius 2 is 2.14 bits per heavy atom. The molecule has 0 aromatic carbocycles. The molecule has 1 atom stereocenters. The predicted octanol–water partition coefficient (Wildman–Crippen LogP) is 2.73. The summed E-state index contributed by atoms with van der Waals surface area (Å²) < 4.78 is 5.55. The molecule has 0 N–H and O–H groups in total. The highest BCUT2D eigenvalue weighted by molar-refractivity contribution is 5.92. The van der Waals surface area contributed by atoms with Gasteiger partial charge in [-0.3, -0.25) is 14.6 Å². The minimum Gasteiger partial charge on any atom is -0.436 e. The lowest BCUT2D eigenvalue weighted by Gasteiger charge is -2.48. The second-order valence-corrected chi connectivity index (χ2v) is 8.09. The largest absolute Gasteiger partial charge is 0.436 e. The fourth-order valence-corrected chi connectivity index (χ4v) is 4.55. The first-order valence-corrected chi connectivity index (χ1v) is 9.86. The van der Waals surface area contributed by atoms with Crippen LogP contribution >= 0.6 is 0 Å². The molecule has 7 nitrogen and oxygen atoms in total. The number of carbonyl (C=O) groups is 2. The number of oxazole rings is 1. The van der Waals surface area contributed by atoms with Gasteiger partial charge < -0.3 is 14.2 Å². The van der Waals surface area contributed by atoms with Crippen molar-refractivity contribution in [1.29, 1.82) is 0 Å². The Morgan fingerprint density at radius 1 is 1.29 bits per heavy atom. The third-order valence-corrected chi connectivity index (χ3v) is 5.89. The average molecular weight is 382 g/mol. The van der Waals surface area contributed by atoms with E-state index >= 15 is 0 Å². The monoisotopic (exact) mass is 382 g/mol. The van der Waals surface area contributed by atoms with Crippen molar-refractivity contribution in [3.63, 3.8) is 0 Å². The van der Waals surface area contributed by atoms with Crippen LogP contribution in [0.25, 0.3) is 0 Å². The van der Waals surface area contributed by atoms with E-state index in [1.165, 1.54) is 0 Å². The normalized spacial score (nSPS) is 22.7. The first-order valence-electron chi connectivity index (χ1n) is 9.86. The predicted molar refractivity (Wildman–Crippen MR) is 102 cm³/mol. The Balaban J connectivity index is 1.50. The van der Waals surface area contributed by atoms with E-state index in [1.54, 1.807) is 26.2 Å². The molecule has 28 heavy (non-hydrogen) atoms. The Labute approximate surface area is 164 Å². The SMILES string of the molecule is Cc1nc(C)c(C(=O)N2CCCC3(CCC(=O)N(Cc4cccnc4)C3)C2)o1. The maximum absolute atomic E-state index is 13.0. The van der Waals surface area contributed by atoms with Crippen molar-refractivity contribution >= 4 is 11.8 Å². The molecule has 2 aliphatic rings. The minimum atomic E-state index is -0.0899. The van der Waals surface area contributed by atoms with Crippen LogP contribution in [-0.2, 0) is 11.3 Å². The number of nitrogens with zero attached hydrogens (tertiary/aromatic N) is 4. The molecule has 1 spiro atoms. The van der Waals surface area contributed by atoms with Crippen LogP contribution in [0.15, 0.2) is 28.9 Å². The van der Waals surface area contributed by atoms with E-state index in [1.807, 2.05) is 21.9 Å². The van der Waals surface area contributed by atoms with Crippen LogP contribution in [0.1, 0.15) is 53.4 Å². The van der Waals surface area contributed by atoms with Crippen molar-refractivity contribution in [1.82, 2.24) is 19.8 Å². The number of piperidine rings is 2. The fraction of sp³-hybridized carbons (Fsp3) is 0.524. The first kappa shape index (κ1) is 18.7. The standard InChI is InChI=1S/C21H26N4O3/c1-15-19(28-16(2)23-15)20(27)24-10-4-7-21(13-24)8-6-18(26)25(14-21)12-17-5-3-9-22-11-17/h3,5,9,11H,4,6-8,10,12-14H2,1-2H3. The lowest BCUT2D eigenvalue weighted by Crippen LogP contribution is -2.54. The molecule has 2 aliphatic heterocycles. The van der Waals surface area contributed by atoms with E-state index in [2.05, 4.69) is 9.97 Å². The lowest BCUT2D eigenvalue weighted by molar-refractivity contribution is -0.139. The highest BCUT2D eigenvalue weighted by atomic mass is 16.4. The van der Waals surface area contributed by atoms with Gasteiger partial charge >= 0.3 is 0 Å². The topological polar surface area (TPSA) is 79.5 Å². The fourth-order valence-electron chi connectivity index (χ4n) is 4.55. The second kappa shape index (κ2) is 7.37. The van der Waals surface area contributed by atoms with Gasteiger partial charge in [-0.25, -0.2) is 4.98 Å². The van der Waals surface area contributed by atoms with Crippen molar-refractivity contribution in [3.05, 3.63) is 47.4 Å². The third-order valence-electron chi connectivity index (χ3n) is 5.89. The van der Waals surface area contributed by atoms with Gasteiger partial charge in [-0.1, -0.05) is 6.07 Å². The van der Waals surface area contributed by atoms with Gasteiger partial charge in [0.15, 0.2) is 5.89 Å².